The molecule has 0 aliphatic carbocycles. The summed E-state index contributed by atoms with van der Waals surface area (Å²) in [6.07, 6.45) is 3.40. The Balaban J connectivity index is 2.76. The fourth-order valence-corrected chi connectivity index (χ4v) is 1.24. The number of nitrogen functional groups attached to an aromatic ring is 1. The molecule has 0 amide bonds. The average molecular weight is 191 g/mol. The molecule has 0 heterocycles. The lowest BCUT2D eigenvalue weighted by molar-refractivity contribution is -0.135. The predicted molar refractivity (Wildman–Crippen MR) is 56.9 cm³/mol. The Labute approximate surface area is 82.9 Å². The zero-order valence-corrected chi connectivity index (χ0v) is 8.03. The molecule has 0 aliphatic heterocycles. The monoisotopic (exact) mass is 191 g/mol. The third-order valence-electron chi connectivity index (χ3n) is 1.72. The van der Waals surface area contributed by atoms with E-state index in [9.17, 15) is 4.79 Å². The molecule has 0 aromatic heterocycles. The molecule has 3 nitrogen and oxygen atoms in total. The summed E-state index contributed by atoms with van der Waals surface area (Å²) in [6.45, 7) is 1.95. The van der Waals surface area contributed by atoms with Gasteiger partial charge in [-0.1, -0.05) is 18.2 Å². The molecule has 0 bridgehead atoms. The maximum atomic E-state index is 10.2. The minimum atomic E-state index is -0.832. The summed E-state index contributed by atoms with van der Waals surface area (Å²) in [4.78, 5) is 10.2. The van der Waals surface area contributed by atoms with Crippen molar-refractivity contribution in [3.05, 3.63) is 35.4 Å². The molecule has 0 fully saturated rings. The highest BCUT2D eigenvalue weighted by molar-refractivity contribution is 5.70. The molecule has 74 valence electrons. The second-order valence-electron chi connectivity index (χ2n) is 3.18. The van der Waals surface area contributed by atoms with Crippen LogP contribution in [0.4, 0.5) is 5.69 Å². The molecule has 3 N–H and O–H groups in total. The number of hydrogen-bond acceptors (Lipinski definition) is 2. The van der Waals surface area contributed by atoms with Crippen molar-refractivity contribution in [3.63, 3.8) is 0 Å². The molecule has 0 saturated heterocycles. The normalized spacial score (nSPS) is 10.6. The summed E-state index contributed by atoms with van der Waals surface area (Å²) in [6, 6.07) is 5.63. The number of carboxylic acid groups (broad SMARTS) is 1. The fourth-order valence-electron chi connectivity index (χ4n) is 1.24. The van der Waals surface area contributed by atoms with Gasteiger partial charge in [-0.05, 0) is 30.2 Å². The Morgan fingerprint density at radius 2 is 2.21 bits per heavy atom. The van der Waals surface area contributed by atoms with Gasteiger partial charge >= 0.3 is 5.97 Å². The number of aryl methyl sites for hydroxylation is 1. The van der Waals surface area contributed by atoms with E-state index in [2.05, 4.69) is 0 Å². The highest BCUT2D eigenvalue weighted by Crippen LogP contribution is 2.12. The van der Waals surface area contributed by atoms with Crippen LogP contribution in [0.3, 0.4) is 0 Å². The van der Waals surface area contributed by atoms with Crippen molar-refractivity contribution in [3.8, 4) is 0 Å². The molecule has 0 saturated carbocycles. The Kier molecular flexibility index (Phi) is 3.29. The Bertz CT molecular complexity index is 349. The van der Waals surface area contributed by atoms with Crippen molar-refractivity contribution in [2.24, 2.45) is 0 Å². The summed E-state index contributed by atoms with van der Waals surface area (Å²) in [5.41, 5.74) is 8.34. The maximum Gasteiger partial charge on any atom is 0.307 e. The van der Waals surface area contributed by atoms with Gasteiger partial charge in [-0.25, -0.2) is 0 Å². The van der Waals surface area contributed by atoms with Gasteiger partial charge in [0.2, 0.25) is 0 Å². The minimum absolute atomic E-state index is 0.0356. The molecule has 1 aromatic carbocycles. The first-order chi connectivity index (χ1) is 6.58. The number of hydrogen-bond donors (Lipinski definition) is 2. The van der Waals surface area contributed by atoms with Gasteiger partial charge in [0.25, 0.3) is 0 Å². The average Bonchev–Trinajstić information content (AvgIpc) is 2.01. The van der Waals surface area contributed by atoms with E-state index in [0.29, 0.717) is 5.69 Å². The maximum absolute atomic E-state index is 10.2. The van der Waals surface area contributed by atoms with Crippen LogP contribution < -0.4 is 5.73 Å². The van der Waals surface area contributed by atoms with Crippen LogP contribution in [0.25, 0.3) is 6.08 Å². The molecule has 0 unspecified atom stereocenters. The third-order valence-corrected chi connectivity index (χ3v) is 1.72. The smallest absolute Gasteiger partial charge is 0.307 e. The number of anilines is 1. The summed E-state index contributed by atoms with van der Waals surface area (Å²) >= 11 is 0. The number of carboxylic acids is 1. The van der Waals surface area contributed by atoms with E-state index in [4.69, 9.17) is 10.8 Å². The SMILES string of the molecule is Cc1cc(N)cc(C=CCC(=O)O)c1. The second-order valence-corrected chi connectivity index (χ2v) is 3.18. The van der Waals surface area contributed by atoms with E-state index in [1.807, 2.05) is 25.1 Å². The second kappa shape index (κ2) is 4.46. The van der Waals surface area contributed by atoms with Crippen LogP contribution in [-0.4, -0.2) is 11.1 Å². The number of aliphatic carboxylic acids is 1. The summed E-state index contributed by atoms with van der Waals surface area (Å²) in [5, 5.41) is 8.42. The molecule has 3 heteroatoms. The third kappa shape index (κ3) is 3.31. The molecule has 1 aromatic rings. The van der Waals surface area contributed by atoms with E-state index in [0.717, 1.165) is 11.1 Å². The van der Waals surface area contributed by atoms with Gasteiger partial charge in [-0.2, -0.15) is 0 Å². The molecular weight excluding hydrogens is 178 g/mol. The van der Waals surface area contributed by atoms with Crippen LogP contribution in [0, 0.1) is 6.92 Å². The van der Waals surface area contributed by atoms with Crippen LogP contribution in [0.2, 0.25) is 0 Å². The van der Waals surface area contributed by atoms with Crippen molar-refractivity contribution in [2.75, 3.05) is 5.73 Å². The van der Waals surface area contributed by atoms with E-state index >= 15 is 0 Å². The molecule has 1 rings (SSSR count). The first-order valence-electron chi connectivity index (χ1n) is 4.33. The summed E-state index contributed by atoms with van der Waals surface area (Å²) in [5.74, 6) is -0.832. The van der Waals surface area contributed by atoms with Gasteiger partial charge in [0.15, 0.2) is 0 Å². The molecule has 0 atom stereocenters. The van der Waals surface area contributed by atoms with Crippen LogP contribution in [-0.2, 0) is 4.79 Å². The van der Waals surface area contributed by atoms with Crippen molar-refractivity contribution >= 4 is 17.7 Å². The largest absolute Gasteiger partial charge is 0.481 e. The summed E-state index contributed by atoms with van der Waals surface area (Å²) in [7, 11) is 0. The molecule has 0 aliphatic rings. The lowest BCUT2D eigenvalue weighted by Crippen LogP contribution is -1.90. The number of carbonyl (C=O) groups is 1. The molecule has 0 spiro atoms. The fraction of sp³-hybridized carbons (Fsp3) is 0.182. The molecule has 0 radical (unpaired) electrons. The first-order valence-corrected chi connectivity index (χ1v) is 4.33. The van der Waals surface area contributed by atoms with E-state index in [1.165, 1.54) is 0 Å². The van der Waals surface area contributed by atoms with Crippen LogP contribution in [0.1, 0.15) is 17.5 Å². The van der Waals surface area contributed by atoms with Crippen molar-refractivity contribution in [1.82, 2.24) is 0 Å². The molecule has 14 heavy (non-hydrogen) atoms. The Morgan fingerprint density at radius 3 is 2.79 bits per heavy atom. The standard InChI is InChI=1S/C11H13NO2/c1-8-5-9(7-10(12)6-8)3-2-4-11(13)14/h2-3,5-7H,4,12H2,1H3,(H,13,14). The highest BCUT2D eigenvalue weighted by Gasteiger charge is 1.93. The summed E-state index contributed by atoms with van der Waals surface area (Å²) < 4.78 is 0. The quantitative estimate of drug-likeness (QED) is 0.719. The van der Waals surface area contributed by atoms with Gasteiger partial charge in [0.05, 0.1) is 6.42 Å². The zero-order chi connectivity index (χ0) is 10.6. The lowest BCUT2D eigenvalue weighted by atomic mass is 10.1. The van der Waals surface area contributed by atoms with Crippen molar-refractivity contribution in [2.45, 2.75) is 13.3 Å². The van der Waals surface area contributed by atoms with Gasteiger partial charge in [0, 0.05) is 5.69 Å². The van der Waals surface area contributed by atoms with Crippen LogP contribution >= 0.6 is 0 Å². The van der Waals surface area contributed by atoms with Gasteiger partial charge < -0.3 is 10.8 Å². The topological polar surface area (TPSA) is 63.3 Å². The zero-order valence-electron chi connectivity index (χ0n) is 8.03. The van der Waals surface area contributed by atoms with Crippen molar-refractivity contribution in [1.29, 1.82) is 0 Å². The number of rotatable bonds is 3. The van der Waals surface area contributed by atoms with Gasteiger partial charge in [-0.3, -0.25) is 4.79 Å². The predicted octanol–water partition coefficient (Wildman–Crippen LogP) is 2.07. The van der Waals surface area contributed by atoms with Crippen LogP contribution in [0.15, 0.2) is 24.3 Å². The van der Waals surface area contributed by atoms with Gasteiger partial charge in [0.1, 0.15) is 0 Å². The Morgan fingerprint density at radius 1 is 1.50 bits per heavy atom. The number of nitrogens with two attached hydrogens (primary N) is 1. The van der Waals surface area contributed by atoms with E-state index < -0.39 is 5.97 Å². The van der Waals surface area contributed by atoms with E-state index in [1.54, 1.807) is 12.2 Å². The van der Waals surface area contributed by atoms with Crippen molar-refractivity contribution < 1.29 is 9.90 Å². The Hall–Kier alpha value is -1.77. The van der Waals surface area contributed by atoms with Gasteiger partial charge in [-0.15, -0.1) is 0 Å². The molecular formula is C11H13NO2. The first kappa shape index (κ1) is 10.3. The van der Waals surface area contributed by atoms with E-state index in [-0.39, 0.29) is 6.42 Å². The van der Waals surface area contributed by atoms with Crippen LogP contribution in [0.5, 0.6) is 0 Å². The minimum Gasteiger partial charge on any atom is -0.481 e. The highest BCUT2D eigenvalue weighted by atomic mass is 16.4. The number of benzene rings is 1. The lowest BCUT2D eigenvalue weighted by Gasteiger charge is -1.99.